The van der Waals surface area contributed by atoms with E-state index in [-0.39, 0.29) is 29.2 Å². The highest BCUT2D eigenvalue weighted by Crippen LogP contribution is 2.22. The Kier molecular flexibility index (Phi) is 5.82. The smallest absolute Gasteiger partial charge is 0.342 e. The minimum atomic E-state index is -0.772. The lowest BCUT2D eigenvalue weighted by Gasteiger charge is -2.17. The van der Waals surface area contributed by atoms with E-state index in [2.05, 4.69) is 5.32 Å². The molecule has 0 saturated carbocycles. The Bertz CT molecular complexity index is 502. The SMILES string of the molecule is CC(C)[C@@H](C)NC(=O)COC(=O)c1ccc(Cl)cc1O. The summed E-state index contributed by atoms with van der Waals surface area (Å²) in [7, 11) is 0. The molecule has 1 amide bonds. The van der Waals surface area contributed by atoms with E-state index in [9.17, 15) is 14.7 Å². The Hall–Kier alpha value is -1.75. The highest BCUT2D eigenvalue weighted by Gasteiger charge is 2.16. The van der Waals surface area contributed by atoms with Crippen LogP contribution in [0.3, 0.4) is 0 Å². The quantitative estimate of drug-likeness (QED) is 0.818. The molecule has 1 atom stereocenters. The average Bonchev–Trinajstić information content (AvgIpc) is 2.35. The number of rotatable bonds is 5. The maximum atomic E-state index is 11.7. The third-order valence-electron chi connectivity index (χ3n) is 2.90. The fourth-order valence-electron chi connectivity index (χ4n) is 1.35. The van der Waals surface area contributed by atoms with E-state index in [1.807, 2.05) is 20.8 Å². The van der Waals surface area contributed by atoms with Gasteiger partial charge in [0.25, 0.3) is 5.91 Å². The number of ether oxygens (including phenoxy) is 1. The van der Waals surface area contributed by atoms with Crippen molar-refractivity contribution in [2.24, 2.45) is 5.92 Å². The van der Waals surface area contributed by atoms with Crippen LogP contribution < -0.4 is 5.32 Å². The predicted octanol–water partition coefficient (Wildman–Crippen LogP) is 2.36. The van der Waals surface area contributed by atoms with Crippen molar-refractivity contribution >= 4 is 23.5 Å². The van der Waals surface area contributed by atoms with Crippen molar-refractivity contribution < 1.29 is 19.4 Å². The van der Waals surface area contributed by atoms with Gasteiger partial charge in [-0.15, -0.1) is 0 Å². The van der Waals surface area contributed by atoms with Crippen molar-refractivity contribution in [2.75, 3.05) is 6.61 Å². The van der Waals surface area contributed by atoms with Gasteiger partial charge in [-0.25, -0.2) is 4.79 Å². The summed E-state index contributed by atoms with van der Waals surface area (Å²) in [6.07, 6.45) is 0. The summed E-state index contributed by atoms with van der Waals surface area (Å²) in [5.41, 5.74) is -0.0286. The van der Waals surface area contributed by atoms with E-state index in [1.165, 1.54) is 18.2 Å². The summed E-state index contributed by atoms with van der Waals surface area (Å²) >= 11 is 5.66. The highest BCUT2D eigenvalue weighted by atomic mass is 35.5. The molecule has 0 aromatic heterocycles. The van der Waals surface area contributed by atoms with Gasteiger partial charge in [0.05, 0.1) is 0 Å². The lowest BCUT2D eigenvalue weighted by molar-refractivity contribution is -0.125. The van der Waals surface area contributed by atoms with Gasteiger partial charge in [0.1, 0.15) is 11.3 Å². The summed E-state index contributed by atoms with van der Waals surface area (Å²) in [5, 5.41) is 12.6. The maximum absolute atomic E-state index is 11.7. The Labute approximate surface area is 122 Å². The van der Waals surface area contributed by atoms with Crippen LogP contribution >= 0.6 is 11.6 Å². The third-order valence-corrected chi connectivity index (χ3v) is 3.14. The minimum Gasteiger partial charge on any atom is -0.507 e. The third kappa shape index (κ3) is 4.74. The summed E-state index contributed by atoms with van der Waals surface area (Å²) in [6.45, 7) is 5.43. The molecule has 0 aliphatic rings. The Morgan fingerprint density at radius 1 is 1.35 bits per heavy atom. The molecule has 1 aromatic rings. The molecule has 0 aliphatic carbocycles. The van der Waals surface area contributed by atoms with Crippen molar-refractivity contribution in [3.05, 3.63) is 28.8 Å². The Morgan fingerprint density at radius 3 is 2.55 bits per heavy atom. The zero-order valence-corrected chi connectivity index (χ0v) is 12.4. The van der Waals surface area contributed by atoms with Gasteiger partial charge in [-0.3, -0.25) is 4.79 Å². The van der Waals surface area contributed by atoms with Gasteiger partial charge >= 0.3 is 5.97 Å². The lowest BCUT2D eigenvalue weighted by Crippen LogP contribution is -2.38. The van der Waals surface area contributed by atoms with Crippen LogP contribution in [0.25, 0.3) is 0 Å². The largest absolute Gasteiger partial charge is 0.507 e. The van der Waals surface area contributed by atoms with Gasteiger partial charge in [-0.1, -0.05) is 25.4 Å². The summed E-state index contributed by atoms with van der Waals surface area (Å²) in [6, 6.07) is 4.03. The number of nitrogens with one attached hydrogen (secondary N) is 1. The van der Waals surface area contributed by atoms with Crippen LogP contribution in [0.5, 0.6) is 5.75 Å². The van der Waals surface area contributed by atoms with Crippen LogP contribution in [0.1, 0.15) is 31.1 Å². The first-order valence-corrected chi connectivity index (χ1v) is 6.64. The number of esters is 1. The van der Waals surface area contributed by atoms with Gasteiger partial charge in [-0.05, 0) is 31.0 Å². The van der Waals surface area contributed by atoms with Crippen molar-refractivity contribution in [1.82, 2.24) is 5.32 Å². The van der Waals surface area contributed by atoms with Crippen LogP contribution in [0.2, 0.25) is 5.02 Å². The number of phenols is 1. The molecule has 20 heavy (non-hydrogen) atoms. The molecule has 6 heteroatoms. The molecule has 0 aliphatic heterocycles. The first-order chi connectivity index (χ1) is 9.31. The molecule has 0 spiro atoms. The number of aromatic hydroxyl groups is 1. The van der Waals surface area contributed by atoms with Crippen LogP contribution in [0, 0.1) is 5.92 Å². The molecule has 0 heterocycles. The van der Waals surface area contributed by atoms with Gasteiger partial charge in [0.2, 0.25) is 0 Å². The number of halogens is 1. The molecule has 110 valence electrons. The number of carbonyl (C=O) groups is 2. The molecule has 2 N–H and O–H groups in total. The number of phenolic OH excluding ortho intramolecular Hbond substituents is 1. The zero-order valence-electron chi connectivity index (χ0n) is 11.6. The molecule has 0 fully saturated rings. The molecule has 1 aromatic carbocycles. The van der Waals surface area contributed by atoms with Gasteiger partial charge < -0.3 is 15.2 Å². The van der Waals surface area contributed by atoms with Crippen LogP contribution in [-0.4, -0.2) is 29.6 Å². The number of benzene rings is 1. The van der Waals surface area contributed by atoms with Crippen LogP contribution in [-0.2, 0) is 9.53 Å². The number of carbonyl (C=O) groups excluding carboxylic acids is 2. The summed E-state index contributed by atoms with van der Waals surface area (Å²) in [5.74, 6) is -1.15. The predicted molar refractivity (Wildman–Crippen MR) is 75.8 cm³/mol. The van der Waals surface area contributed by atoms with E-state index in [0.717, 1.165) is 0 Å². The number of hydrogen-bond donors (Lipinski definition) is 2. The topological polar surface area (TPSA) is 75.6 Å². The van der Waals surface area contributed by atoms with Crippen molar-refractivity contribution in [2.45, 2.75) is 26.8 Å². The monoisotopic (exact) mass is 299 g/mol. The second kappa shape index (κ2) is 7.14. The highest BCUT2D eigenvalue weighted by molar-refractivity contribution is 6.30. The minimum absolute atomic E-state index is 0.00913. The Morgan fingerprint density at radius 2 is 2.00 bits per heavy atom. The van der Waals surface area contributed by atoms with Crippen LogP contribution in [0.4, 0.5) is 0 Å². The molecule has 0 unspecified atom stereocenters. The summed E-state index contributed by atoms with van der Waals surface area (Å²) < 4.78 is 4.84. The molecular weight excluding hydrogens is 282 g/mol. The number of hydrogen-bond acceptors (Lipinski definition) is 4. The van der Waals surface area contributed by atoms with E-state index >= 15 is 0 Å². The first kappa shape index (κ1) is 16.3. The van der Waals surface area contributed by atoms with Gasteiger partial charge in [-0.2, -0.15) is 0 Å². The Balaban J connectivity index is 2.53. The fraction of sp³-hybridized carbons (Fsp3) is 0.429. The first-order valence-electron chi connectivity index (χ1n) is 6.26. The molecule has 5 nitrogen and oxygen atoms in total. The summed E-state index contributed by atoms with van der Waals surface area (Å²) in [4.78, 5) is 23.3. The van der Waals surface area contributed by atoms with E-state index in [0.29, 0.717) is 5.02 Å². The molecular formula is C14H18ClNO4. The molecule has 0 bridgehead atoms. The maximum Gasteiger partial charge on any atom is 0.342 e. The van der Waals surface area contributed by atoms with E-state index < -0.39 is 12.6 Å². The van der Waals surface area contributed by atoms with Crippen molar-refractivity contribution in [3.63, 3.8) is 0 Å². The fourth-order valence-corrected chi connectivity index (χ4v) is 1.51. The van der Waals surface area contributed by atoms with Crippen molar-refractivity contribution in [3.8, 4) is 5.75 Å². The van der Waals surface area contributed by atoms with Crippen LogP contribution in [0.15, 0.2) is 18.2 Å². The van der Waals surface area contributed by atoms with Gasteiger partial charge in [0, 0.05) is 11.1 Å². The average molecular weight is 300 g/mol. The second-order valence-electron chi connectivity index (χ2n) is 4.84. The van der Waals surface area contributed by atoms with E-state index in [4.69, 9.17) is 16.3 Å². The standard InChI is InChI=1S/C14H18ClNO4/c1-8(2)9(3)16-13(18)7-20-14(19)11-5-4-10(15)6-12(11)17/h4-6,8-9,17H,7H2,1-3H3,(H,16,18)/t9-/m1/s1. The molecule has 0 radical (unpaired) electrons. The second-order valence-corrected chi connectivity index (χ2v) is 5.27. The normalized spacial score (nSPS) is 12.1. The zero-order chi connectivity index (χ0) is 15.3. The van der Waals surface area contributed by atoms with Gasteiger partial charge in [0.15, 0.2) is 6.61 Å². The van der Waals surface area contributed by atoms with Crippen molar-refractivity contribution in [1.29, 1.82) is 0 Å². The van der Waals surface area contributed by atoms with E-state index in [1.54, 1.807) is 0 Å². The lowest BCUT2D eigenvalue weighted by atomic mass is 10.1. The number of amides is 1. The molecule has 0 saturated heterocycles. The molecule has 1 rings (SSSR count).